The molecule has 4 aromatic carbocycles. The fraction of sp³-hybridized carbons (Fsp3) is 0.281. The van der Waals surface area contributed by atoms with Gasteiger partial charge in [-0.3, -0.25) is 19.6 Å². The SMILES string of the molecule is CC(C)c1c(C(=O)Nc2ccccc2)c(-c2ccncc2)c(-c2ccc(F)cc2)n1CC[C@@H](O)C[C@@H](O)CC(=O)[O-].CC(C)c1c(C(=O)Nc2ccccc2)c(-c2ccncc2)c(-c2ccc(F)cc2)n1CC[C@@H](O)C[C@@H](O)CC(=O)[O-].[Ca+2]. The summed E-state index contributed by atoms with van der Waals surface area (Å²) in [4.78, 5) is 58.1. The minimum absolute atomic E-state index is 0. The Kier molecular flexibility index (Phi) is 24.0. The van der Waals surface area contributed by atoms with Crippen LogP contribution in [0.15, 0.2) is 158 Å². The van der Waals surface area contributed by atoms with E-state index in [1.54, 1.807) is 97.6 Å². The Balaban J connectivity index is 0.000000263. The summed E-state index contributed by atoms with van der Waals surface area (Å²) in [6.07, 6.45) is 0.920. The first kappa shape index (κ1) is 64.7. The van der Waals surface area contributed by atoms with Crippen LogP contribution in [0, 0.1) is 11.6 Å². The first-order valence-corrected chi connectivity index (χ1v) is 27.0. The molecule has 6 N–H and O–H groups in total. The van der Waals surface area contributed by atoms with Crippen LogP contribution in [-0.4, -0.2) is 125 Å². The Labute approximate surface area is 510 Å². The Morgan fingerprint density at radius 2 is 0.807 bits per heavy atom. The van der Waals surface area contributed by atoms with Crippen molar-refractivity contribution in [2.45, 2.75) is 116 Å². The monoisotopic (exact) mass is 1160 g/mol. The van der Waals surface area contributed by atoms with Crippen LogP contribution in [0.4, 0.5) is 20.2 Å². The van der Waals surface area contributed by atoms with E-state index in [0.717, 1.165) is 11.1 Å². The van der Waals surface area contributed by atoms with Gasteiger partial charge in [-0.25, -0.2) is 8.78 Å². The smallest absolute Gasteiger partial charge is 0.550 e. The molecule has 428 valence electrons. The molecule has 4 heterocycles. The zero-order valence-electron chi connectivity index (χ0n) is 46.6. The number of benzene rings is 4. The number of aromatic nitrogens is 4. The number of aliphatic hydroxyl groups excluding tert-OH is 4. The van der Waals surface area contributed by atoms with Gasteiger partial charge in [0.05, 0.1) is 46.9 Å². The summed E-state index contributed by atoms with van der Waals surface area (Å²) in [5.41, 5.74) is 9.01. The van der Waals surface area contributed by atoms with Crippen molar-refractivity contribution in [1.82, 2.24) is 19.1 Å². The fourth-order valence-corrected chi connectivity index (χ4v) is 10.2. The molecule has 0 fully saturated rings. The van der Waals surface area contributed by atoms with E-state index in [9.17, 15) is 58.6 Å². The van der Waals surface area contributed by atoms with E-state index >= 15 is 0 Å². The maximum atomic E-state index is 14.0. The second kappa shape index (κ2) is 30.8. The number of nitrogens with zero attached hydrogens (tertiary/aromatic N) is 4. The molecular formula is C64H66CaF2N6O10. The van der Waals surface area contributed by atoms with E-state index in [2.05, 4.69) is 20.6 Å². The van der Waals surface area contributed by atoms with E-state index in [0.29, 0.717) is 67.5 Å². The van der Waals surface area contributed by atoms with Crippen molar-refractivity contribution < 1.29 is 58.6 Å². The largest absolute Gasteiger partial charge is 2.00 e. The van der Waals surface area contributed by atoms with Gasteiger partial charge in [-0.1, -0.05) is 64.1 Å². The molecule has 0 aliphatic carbocycles. The first-order valence-electron chi connectivity index (χ1n) is 27.0. The molecule has 4 atom stereocenters. The van der Waals surface area contributed by atoms with Gasteiger partial charge in [-0.2, -0.15) is 0 Å². The van der Waals surface area contributed by atoms with Crippen molar-refractivity contribution in [3.8, 4) is 44.8 Å². The van der Waals surface area contributed by atoms with Crippen LogP contribution in [0.3, 0.4) is 0 Å². The van der Waals surface area contributed by atoms with E-state index in [1.165, 1.54) is 24.3 Å². The van der Waals surface area contributed by atoms with Crippen LogP contribution in [-0.2, 0) is 22.7 Å². The van der Waals surface area contributed by atoms with Gasteiger partial charge < -0.3 is 60.0 Å². The number of anilines is 2. The van der Waals surface area contributed by atoms with E-state index < -0.39 is 60.8 Å². The molecule has 0 unspecified atom stereocenters. The van der Waals surface area contributed by atoms with E-state index in [4.69, 9.17) is 0 Å². The van der Waals surface area contributed by atoms with Crippen molar-refractivity contribution in [2.24, 2.45) is 0 Å². The maximum Gasteiger partial charge on any atom is 2.00 e. The van der Waals surface area contributed by atoms with Crippen LogP contribution >= 0.6 is 0 Å². The van der Waals surface area contributed by atoms with Gasteiger partial charge in [0, 0.05) is 96.5 Å². The number of aliphatic carboxylic acids is 2. The van der Waals surface area contributed by atoms with Gasteiger partial charge in [0.25, 0.3) is 11.8 Å². The molecule has 8 rings (SSSR count). The number of para-hydroxylation sites is 2. The number of hydrogen-bond donors (Lipinski definition) is 6. The average molecular weight is 1160 g/mol. The van der Waals surface area contributed by atoms with Gasteiger partial charge in [-0.15, -0.1) is 0 Å². The first-order chi connectivity index (χ1) is 39.3. The summed E-state index contributed by atoms with van der Waals surface area (Å²) in [5.74, 6) is -4.51. The van der Waals surface area contributed by atoms with Crippen LogP contribution < -0.4 is 20.8 Å². The molecule has 16 nitrogen and oxygen atoms in total. The van der Waals surface area contributed by atoms with Crippen LogP contribution in [0.5, 0.6) is 0 Å². The number of carboxylic acids is 2. The summed E-state index contributed by atoms with van der Waals surface area (Å²) < 4.78 is 31.9. The van der Waals surface area contributed by atoms with Crippen molar-refractivity contribution in [2.75, 3.05) is 10.6 Å². The predicted molar refractivity (Wildman–Crippen MR) is 311 cm³/mol. The van der Waals surface area contributed by atoms with Crippen LogP contribution in [0.25, 0.3) is 44.8 Å². The van der Waals surface area contributed by atoms with Crippen molar-refractivity contribution in [3.05, 3.63) is 192 Å². The van der Waals surface area contributed by atoms with Crippen molar-refractivity contribution >= 4 is 72.9 Å². The van der Waals surface area contributed by atoms with E-state index in [1.807, 2.05) is 73.2 Å². The van der Waals surface area contributed by atoms with Gasteiger partial charge in [-0.05, 0) is 157 Å². The molecular weight excluding hydrogens is 1090 g/mol. The van der Waals surface area contributed by atoms with Gasteiger partial charge in [0.2, 0.25) is 0 Å². The second-order valence-electron chi connectivity index (χ2n) is 20.5. The molecule has 0 spiro atoms. The zero-order valence-corrected chi connectivity index (χ0v) is 48.8. The number of carbonyl (C=O) groups is 4. The number of halogens is 2. The molecule has 8 aromatic rings. The Morgan fingerprint density at radius 3 is 1.11 bits per heavy atom. The number of rotatable bonds is 24. The number of aliphatic hydroxyl groups is 4. The topological polar surface area (TPSA) is 255 Å². The van der Waals surface area contributed by atoms with Crippen LogP contribution in [0.1, 0.15) is 110 Å². The molecule has 83 heavy (non-hydrogen) atoms. The number of carboxylic acid groups (broad SMARTS) is 2. The zero-order chi connectivity index (χ0) is 59.0. The van der Waals surface area contributed by atoms with Crippen LogP contribution in [0.2, 0.25) is 0 Å². The van der Waals surface area contributed by atoms with Gasteiger partial charge in [0.15, 0.2) is 0 Å². The number of amides is 2. The third kappa shape index (κ3) is 17.3. The summed E-state index contributed by atoms with van der Waals surface area (Å²) in [5, 5.41) is 69.1. The maximum absolute atomic E-state index is 14.0. The number of carbonyl (C=O) groups excluding carboxylic acids is 4. The van der Waals surface area contributed by atoms with Crippen molar-refractivity contribution in [1.29, 1.82) is 0 Å². The molecule has 0 saturated heterocycles. The fourth-order valence-electron chi connectivity index (χ4n) is 10.2. The summed E-state index contributed by atoms with van der Waals surface area (Å²) in [7, 11) is 0. The molecule has 0 aliphatic rings. The Hall–Kier alpha value is -7.42. The quantitative estimate of drug-likeness (QED) is 0.0312. The van der Waals surface area contributed by atoms with E-state index in [-0.39, 0.29) is 100 Å². The van der Waals surface area contributed by atoms with Gasteiger partial charge in [0.1, 0.15) is 11.6 Å². The Morgan fingerprint density at radius 1 is 0.482 bits per heavy atom. The molecule has 0 radical (unpaired) electrons. The summed E-state index contributed by atoms with van der Waals surface area (Å²) in [6.45, 7) is 8.37. The number of pyridine rings is 2. The third-order valence-corrected chi connectivity index (χ3v) is 13.7. The molecule has 19 heteroatoms. The molecule has 0 bridgehead atoms. The normalized spacial score (nSPS) is 12.6. The van der Waals surface area contributed by atoms with Crippen molar-refractivity contribution in [3.63, 3.8) is 0 Å². The number of nitrogens with one attached hydrogen (secondary N) is 2. The minimum Gasteiger partial charge on any atom is -0.550 e. The minimum atomic E-state index is -1.40. The molecule has 2 amide bonds. The standard InChI is InChI=1S/2C32H34FN3O5.Ca/c2*1-20(2)30-29(32(41)35-24-6-4-3-5-7-24)28(21-12-15-34-16-13-21)31(22-8-10-23(33)11-9-22)36(30)17-14-25(37)18-26(38)19-27(39)40;/h2*3-13,15-16,20,25-26,37-38H,14,17-19H2,1-2H3,(H,35,41)(H,39,40);/q;;+2/p-2/t2*25-,26-;/m11./s1. The van der Waals surface area contributed by atoms with Gasteiger partial charge >= 0.3 is 37.7 Å². The second-order valence-corrected chi connectivity index (χ2v) is 20.5. The predicted octanol–water partition coefficient (Wildman–Crippen LogP) is 8.37. The Bertz CT molecular complexity index is 3180. The third-order valence-electron chi connectivity index (χ3n) is 13.7. The summed E-state index contributed by atoms with van der Waals surface area (Å²) >= 11 is 0. The summed E-state index contributed by atoms with van der Waals surface area (Å²) in [6, 6.07) is 37.4. The molecule has 0 aliphatic heterocycles. The number of hydrogen-bond acceptors (Lipinski definition) is 12. The molecule has 4 aromatic heterocycles. The molecule has 0 saturated carbocycles. The average Bonchev–Trinajstić information content (AvgIpc) is 3.14.